The molecule has 6 heteroatoms. The third kappa shape index (κ3) is 3.24. The third-order valence-corrected chi connectivity index (χ3v) is 4.34. The maximum Gasteiger partial charge on any atom is 0.415 e. The number of carbonyl (C=O) groups is 1. The summed E-state index contributed by atoms with van der Waals surface area (Å²) < 4.78 is 5.41. The molecule has 126 valence electrons. The van der Waals surface area contributed by atoms with Crippen LogP contribution in [0.2, 0.25) is 0 Å². The van der Waals surface area contributed by atoms with Gasteiger partial charge in [-0.2, -0.15) is 5.10 Å². The molecule has 25 heavy (non-hydrogen) atoms. The molecule has 1 aliphatic rings. The summed E-state index contributed by atoms with van der Waals surface area (Å²) in [6.45, 7) is 2.59. The highest BCUT2D eigenvalue weighted by Crippen LogP contribution is 2.24. The molecule has 1 fully saturated rings. The van der Waals surface area contributed by atoms with Gasteiger partial charge in [-0.05, 0) is 12.1 Å². The van der Waals surface area contributed by atoms with Crippen LogP contribution in [0.1, 0.15) is 0 Å². The van der Waals surface area contributed by atoms with Gasteiger partial charge in [-0.3, -0.25) is 0 Å². The predicted molar refractivity (Wildman–Crippen MR) is 95.8 cm³/mol. The van der Waals surface area contributed by atoms with Gasteiger partial charge in [-0.15, -0.1) is 5.10 Å². The van der Waals surface area contributed by atoms with E-state index in [1.54, 1.807) is 23.2 Å². The van der Waals surface area contributed by atoms with Crippen molar-refractivity contribution in [2.45, 2.75) is 0 Å². The van der Waals surface area contributed by atoms with Crippen LogP contribution >= 0.6 is 0 Å². The highest BCUT2D eigenvalue weighted by atomic mass is 16.6. The van der Waals surface area contributed by atoms with Crippen molar-refractivity contribution in [3.8, 4) is 5.75 Å². The first kappa shape index (κ1) is 15.4. The van der Waals surface area contributed by atoms with E-state index in [-0.39, 0.29) is 6.09 Å². The SMILES string of the molecule is O=C(Oc1ccccc1)N1CCN(c2nncc3ccccc23)CC1. The van der Waals surface area contributed by atoms with E-state index in [1.807, 2.05) is 36.4 Å². The second-order valence-electron chi connectivity index (χ2n) is 5.91. The largest absolute Gasteiger partial charge is 0.415 e. The lowest BCUT2D eigenvalue weighted by Crippen LogP contribution is -2.50. The molecule has 3 aromatic rings. The summed E-state index contributed by atoms with van der Waals surface area (Å²) >= 11 is 0. The molecule has 0 atom stereocenters. The summed E-state index contributed by atoms with van der Waals surface area (Å²) in [5.41, 5.74) is 0. The Morgan fingerprint density at radius 3 is 2.44 bits per heavy atom. The number of carbonyl (C=O) groups excluding carboxylic acids is 1. The van der Waals surface area contributed by atoms with Crippen LogP contribution in [0, 0.1) is 0 Å². The Hall–Kier alpha value is -3.15. The highest BCUT2D eigenvalue weighted by Gasteiger charge is 2.24. The standard InChI is InChI=1S/C19H18N4O2/c24-19(25-16-7-2-1-3-8-16)23-12-10-22(11-13-23)18-17-9-5-4-6-15(17)14-20-21-18/h1-9,14H,10-13H2. The number of hydrogen-bond donors (Lipinski definition) is 0. The molecule has 0 unspecified atom stereocenters. The number of nitrogens with zero attached hydrogens (tertiary/aromatic N) is 4. The fourth-order valence-corrected chi connectivity index (χ4v) is 3.00. The first-order valence-corrected chi connectivity index (χ1v) is 8.28. The summed E-state index contributed by atoms with van der Waals surface area (Å²) in [6, 6.07) is 17.2. The molecule has 0 spiro atoms. The van der Waals surface area contributed by atoms with Crippen molar-refractivity contribution in [3.63, 3.8) is 0 Å². The van der Waals surface area contributed by atoms with Crippen LogP contribution in [0.4, 0.5) is 10.6 Å². The normalized spacial score (nSPS) is 14.6. The van der Waals surface area contributed by atoms with Crippen LogP contribution in [-0.2, 0) is 0 Å². The second-order valence-corrected chi connectivity index (χ2v) is 5.91. The van der Waals surface area contributed by atoms with E-state index in [2.05, 4.69) is 21.2 Å². The molecule has 0 bridgehead atoms. The molecule has 2 heterocycles. The van der Waals surface area contributed by atoms with Crippen LogP contribution < -0.4 is 9.64 Å². The molecule has 1 saturated heterocycles. The van der Waals surface area contributed by atoms with E-state index in [9.17, 15) is 4.79 Å². The molecule has 0 N–H and O–H groups in total. The molecule has 0 radical (unpaired) electrons. The van der Waals surface area contributed by atoms with Crippen molar-refractivity contribution in [1.29, 1.82) is 0 Å². The Kier molecular flexibility index (Phi) is 4.16. The second kappa shape index (κ2) is 6.76. The Labute approximate surface area is 145 Å². The van der Waals surface area contributed by atoms with Crippen molar-refractivity contribution >= 4 is 22.7 Å². The Morgan fingerprint density at radius 1 is 0.920 bits per heavy atom. The lowest BCUT2D eigenvalue weighted by atomic mass is 10.2. The molecule has 1 aromatic heterocycles. The number of amides is 1. The van der Waals surface area contributed by atoms with Crippen LogP contribution in [0.3, 0.4) is 0 Å². The zero-order valence-electron chi connectivity index (χ0n) is 13.7. The average Bonchev–Trinajstić information content (AvgIpc) is 2.68. The molecular formula is C19H18N4O2. The number of piperazine rings is 1. The summed E-state index contributed by atoms with van der Waals surface area (Å²) in [4.78, 5) is 16.2. The van der Waals surface area contributed by atoms with Gasteiger partial charge >= 0.3 is 6.09 Å². The van der Waals surface area contributed by atoms with Gasteiger partial charge in [0.15, 0.2) is 5.82 Å². The molecular weight excluding hydrogens is 316 g/mol. The number of hydrogen-bond acceptors (Lipinski definition) is 5. The van der Waals surface area contributed by atoms with Gasteiger partial charge in [0.2, 0.25) is 0 Å². The molecule has 1 aliphatic heterocycles. The molecule has 4 rings (SSSR count). The number of anilines is 1. The van der Waals surface area contributed by atoms with Crippen molar-refractivity contribution < 1.29 is 9.53 Å². The number of para-hydroxylation sites is 1. The minimum Gasteiger partial charge on any atom is -0.410 e. The molecule has 6 nitrogen and oxygen atoms in total. The summed E-state index contributed by atoms with van der Waals surface area (Å²) in [7, 11) is 0. The lowest BCUT2D eigenvalue weighted by Gasteiger charge is -2.34. The first-order chi connectivity index (χ1) is 12.3. The van der Waals surface area contributed by atoms with Crippen LogP contribution in [0.25, 0.3) is 10.8 Å². The fraction of sp³-hybridized carbons (Fsp3) is 0.211. The smallest absolute Gasteiger partial charge is 0.410 e. The Bertz CT molecular complexity index is 871. The number of fused-ring (bicyclic) bond motifs is 1. The highest BCUT2D eigenvalue weighted by molar-refractivity contribution is 5.91. The van der Waals surface area contributed by atoms with Gasteiger partial charge in [0.25, 0.3) is 0 Å². The van der Waals surface area contributed by atoms with Gasteiger partial charge in [-0.25, -0.2) is 4.79 Å². The zero-order valence-corrected chi connectivity index (χ0v) is 13.7. The van der Waals surface area contributed by atoms with Crippen LogP contribution in [0.5, 0.6) is 5.75 Å². The van der Waals surface area contributed by atoms with Crippen molar-refractivity contribution in [2.75, 3.05) is 31.1 Å². The molecule has 0 saturated carbocycles. The average molecular weight is 334 g/mol. The van der Waals surface area contributed by atoms with Crippen molar-refractivity contribution in [2.24, 2.45) is 0 Å². The Balaban J connectivity index is 1.43. The maximum atomic E-state index is 12.3. The maximum absolute atomic E-state index is 12.3. The van der Waals surface area contributed by atoms with E-state index >= 15 is 0 Å². The quantitative estimate of drug-likeness (QED) is 0.721. The summed E-state index contributed by atoms with van der Waals surface area (Å²) in [5, 5.41) is 10.6. The number of rotatable bonds is 2. The topological polar surface area (TPSA) is 58.6 Å². The van der Waals surface area contributed by atoms with E-state index in [1.165, 1.54) is 0 Å². The molecule has 1 amide bonds. The van der Waals surface area contributed by atoms with Gasteiger partial charge < -0.3 is 14.5 Å². The van der Waals surface area contributed by atoms with Gasteiger partial charge in [0.1, 0.15) is 5.75 Å². The van der Waals surface area contributed by atoms with Crippen molar-refractivity contribution in [3.05, 3.63) is 60.8 Å². The lowest BCUT2D eigenvalue weighted by molar-refractivity contribution is 0.149. The summed E-state index contributed by atoms with van der Waals surface area (Å²) in [5.74, 6) is 1.43. The molecule has 0 aliphatic carbocycles. The number of benzene rings is 2. The third-order valence-electron chi connectivity index (χ3n) is 4.34. The Morgan fingerprint density at radius 2 is 1.64 bits per heavy atom. The van der Waals surface area contributed by atoms with E-state index in [0.29, 0.717) is 31.9 Å². The minimum absolute atomic E-state index is 0.310. The van der Waals surface area contributed by atoms with Gasteiger partial charge in [-0.1, -0.05) is 42.5 Å². The zero-order chi connectivity index (χ0) is 17.1. The number of aromatic nitrogens is 2. The predicted octanol–water partition coefficient (Wildman–Crippen LogP) is 2.95. The molecule has 2 aromatic carbocycles. The van der Waals surface area contributed by atoms with Gasteiger partial charge in [0, 0.05) is 37.0 Å². The monoisotopic (exact) mass is 334 g/mol. The fourth-order valence-electron chi connectivity index (χ4n) is 3.00. The number of ether oxygens (including phenoxy) is 1. The minimum atomic E-state index is -0.310. The van der Waals surface area contributed by atoms with Crippen molar-refractivity contribution in [1.82, 2.24) is 15.1 Å². The summed E-state index contributed by atoms with van der Waals surface area (Å²) in [6.07, 6.45) is 1.46. The van der Waals surface area contributed by atoms with Gasteiger partial charge in [0.05, 0.1) is 6.20 Å². The van der Waals surface area contributed by atoms with E-state index in [0.717, 1.165) is 16.6 Å². The van der Waals surface area contributed by atoms with Crippen LogP contribution in [-0.4, -0.2) is 47.4 Å². The first-order valence-electron chi connectivity index (χ1n) is 8.28. The van der Waals surface area contributed by atoms with Crippen LogP contribution in [0.15, 0.2) is 60.8 Å². The van der Waals surface area contributed by atoms with E-state index < -0.39 is 0 Å². The van der Waals surface area contributed by atoms with E-state index in [4.69, 9.17) is 4.74 Å².